The number of nitrogens with zero attached hydrogens (tertiary/aromatic N) is 2. The molecule has 0 aliphatic rings. The quantitative estimate of drug-likeness (QED) is 0.790. The molecule has 7 nitrogen and oxygen atoms in total. The van der Waals surface area contributed by atoms with E-state index in [-0.39, 0.29) is 18.0 Å². The Morgan fingerprint density at radius 2 is 2.00 bits per heavy atom. The standard InChI is InChI=1S/C13H21N3O4/c1-5-9(12(17)19-7-3)20-13(18)11-10(14)8(4)15-16(11)6-2/h9H,5-7,14H2,1-4H3. The Labute approximate surface area is 118 Å². The molecule has 0 aliphatic carbocycles. The first-order valence-electron chi connectivity index (χ1n) is 6.66. The van der Waals surface area contributed by atoms with Crippen molar-refractivity contribution in [1.82, 2.24) is 9.78 Å². The Balaban J connectivity index is 2.92. The molecule has 1 rings (SSSR count). The van der Waals surface area contributed by atoms with Gasteiger partial charge in [0.25, 0.3) is 0 Å². The molecule has 112 valence electrons. The van der Waals surface area contributed by atoms with E-state index in [1.165, 1.54) is 4.68 Å². The van der Waals surface area contributed by atoms with Crippen molar-refractivity contribution in [3.05, 3.63) is 11.4 Å². The zero-order chi connectivity index (χ0) is 15.3. The van der Waals surface area contributed by atoms with Crippen molar-refractivity contribution in [2.24, 2.45) is 0 Å². The maximum atomic E-state index is 12.2. The third-order valence-electron chi connectivity index (χ3n) is 2.84. The molecular formula is C13H21N3O4. The van der Waals surface area contributed by atoms with Crippen molar-refractivity contribution >= 4 is 17.6 Å². The van der Waals surface area contributed by atoms with E-state index in [2.05, 4.69) is 5.10 Å². The number of ether oxygens (including phenoxy) is 2. The molecule has 1 aromatic heterocycles. The molecule has 0 bridgehead atoms. The number of carbonyl (C=O) groups excluding carboxylic acids is 2. The summed E-state index contributed by atoms with van der Waals surface area (Å²) in [7, 11) is 0. The molecule has 0 spiro atoms. The van der Waals surface area contributed by atoms with Crippen LogP contribution in [0, 0.1) is 6.92 Å². The molecule has 1 unspecified atom stereocenters. The highest BCUT2D eigenvalue weighted by molar-refractivity contribution is 5.95. The number of aryl methyl sites for hydroxylation is 2. The van der Waals surface area contributed by atoms with Crippen LogP contribution in [0.3, 0.4) is 0 Å². The Kier molecular flexibility index (Phi) is 5.54. The minimum atomic E-state index is -0.928. The number of anilines is 1. The van der Waals surface area contributed by atoms with E-state index < -0.39 is 18.0 Å². The Bertz CT molecular complexity index is 496. The lowest BCUT2D eigenvalue weighted by molar-refractivity contribution is -0.153. The summed E-state index contributed by atoms with van der Waals surface area (Å²) in [6.07, 6.45) is -0.591. The van der Waals surface area contributed by atoms with E-state index in [1.54, 1.807) is 20.8 Å². The van der Waals surface area contributed by atoms with E-state index in [0.717, 1.165) is 0 Å². The molecular weight excluding hydrogens is 262 g/mol. The summed E-state index contributed by atoms with van der Waals surface area (Å²) in [5.74, 6) is -1.22. The second kappa shape index (κ2) is 6.93. The molecule has 0 saturated heterocycles. The second-order valence-electron chi connectivity index (χ2n) is 4.22. The fourth-order valence-electron chi connectivity index (χ4n) is 1.76. The number of aromatic nitrogens is 2. The topological polar surface area (TPSA) is 96.4 Å². The van der Waals surface area contributed by atoms with Gasteiger partial charge in [0.2, 0.25) is 0 Å². The van der Waals surface area contributed by atoms with Crippen molar-refractivity contribution < 1.29 is 19.1 Å². The number of nitrogen functional groups attached to an aromatic ring is 1. The SMILES string of the molecule is CCOC(=O)C(CC)OC(=O)c1c(N)c(C)nn1CC. The third-order valence-corrected chi connectivity index (χ3v) is 2.84. The minimum Gasteiger partial charge on any atom is -0.463 e. The summed E-state index contributed by atoms with van der Waals surface area (Å²) in [4.78, 5) is 23.8. The number of nitrogens with two attached hydrogens (primary N) is 1. The molecule has 0 fully saturated rings. The monoisotopic (exact) mass is 283 g/mol. The van der Waals surface area contributed by atoms with Crippen molar-refractivity contribution in [1.29, 1.82) is 0 Å². The van der Waals surface area contributed by atoms with Crippen LogP contribution in [-0.2, 0) is 20.8 Å². The molecule has 0 amide bonds. The molecule has 1 aromatic rings. The van der Waals surface area contributed by atoms with E-state index in [9.17, 15) is 9.59 Å². The van der Waals surface area contributed by atoms with Crippen LogP contribution < -0.4 is 5.73 Å². The zero-order valence-corrected chi connectivity index (χ0v) is 12.3. The number of esters is 2. The van der Waals surface area contributed by atoms with Gasteiger partial charge in [-0.2, -0.15) is 5.10 Å². The summed E-state index contributed by atoms with van der Waals surface area (Å²) in [5.41, 5.74) is 6.84. The molecule has 1 heterocycles. The number of hydrogen-bond acceptors (Lipinski definition) is 6. The van der Waals surface area contributed by atoms with Gasteiger partial charge in [-0.25, -0.2) is 9.59 Å². The van der Waals surface area contributed by atoms with Crippen LogP contribution >= 0.6 is 0 Å². The molecule has 1 atom stereocenters. The smallest absolute Gasteiger partial charge is 0.359 e. The van der Waals surface area contributed by atoms with Gasteiger partial charge >= 0.3 is 11.9 Å². The first-order chi connectivity index (χ1) is 9.46. The predicted molar refractivity (Wildman–Crippen MR) is 73.2 cm³/mol. The molecule has 0 saturated carbocycles. The predicted octanol–water partition coefficient (Wildman–Crippen LogP) is 1.29. The van der Waals surface area contributed by atoms with Crippen LogP contribution in [0.25, 0.3) is 0 Å². The zero-order valence-electron chi connectivity index (χ0n) is 12.3. The van der Waals surface area contributed by atoms with Crippen molar-refractivity contribution in [3.63, 3.8) is 0 Å². The lowest BCUT2D eigenvalue weighted by Crippen LogP contribution is -2.29. The summed E-state index contributed by atoms with van der Waals surface area (Å²) < 4.78 is 11.5. The highest BCUT2D eigenvalue weighted by Crippen LogP contribution is 2.18. The van der Waals surface area contributed by atoms with E-state index in [1.807, 2.05) is 6.92 Å². The Morgan fingerprint density at radius 3 is 2.50 bits per heavy atom. The van der Waals surface area contributed by atoms with Crippen molar-refractivity contribution in [2.45, 2.75) is 46.8 Å². The van der Waals surface area contributed by atoms with E-state index in [0.29, 0.717) is 18.7 Å². The Morgan fingerprint density at radius 1 is 1.35 bits per heavy atom. The van der Waals surface area contributed by atoms with Gasteiger partial charge in [0.15, 0.2) is 11.8 Å². The third kappa shape index (κ3) is 3.28. The second-order valence-corrected chi connectivity index (χ2v) is 4.22. The van der Waals surface area contributed by atoms with Crippen LogP contribution in [0.1, 0.15) is 43.4 Å². The first kappa shape index (κ1) is 16.0. The van der Waals surface area contributed by atoms with Crippen LogP contribution in [-0.4, -0.2) is 34.4 Å². The number of hydrogen-bond donors (Lipinski definition) is 1. The molecule has 7 heteroatoms. The summed E-state index contributed by atoms with van der Waals surface area (Å²) in [6.45, 7) is 7.70. The van der Waals surface area contributed by atoms with Gasteiger partial charge in [0, 0.05) is 6.54 Å². The van der Waals surface area contributed by atoms with Crippen LogP contribution in [0.4, 0.5) is 5.69 Å². The van der Waals surface area contributed by atoms with E-state index in [4.69, 9.17) is 15.2 Å². The first-order valence-corrected chi connectivity index (χ1v) is 6.66. The molecule has 20 heavy (non-hydrogen) atoms. The van der Waals surface area contributed by atoms with Gasteiger partial charge in [-0.1, -0.05) is 6.92 Å². The van der Waals surface area contributed by atoms with E-state index >= 15 is 0 Å². The summed E-state index contributed by atoms with van der Waals surface area (Å²) in [6, 6.07) is 0. The normalized spacial score (nSPS) is 12.0. The average molecular weight is 283 g/mol. The highest BCUT2D eigenvalue weighted by Gasteiger charge is 2.27. The van der Waals surface area contributed by atoms with Gasteiger partial charge in [-0.3, -0.25) is 4.68 Å². The van der Waals surface area contributed by atoms with Gasteiger partial charge < -0.3 is 15.2 Å². The minimum absolute atomic E-state index is 0.174. The van der Waals surface area contributed by atoms with Gasteiger partial charge in [0.05, 0.1) is 18.0 Å². The van der Waals surface area contributed by atoms with Crippen LogP contribution in [0.5, 0.6) is 0 Å². The maximum absolute atomic E-state index is 12.2. The van der Waals surface area contributed by atoms with Crippen molar-refractivity contribution in [2.75, 3.05) is 12.3 Å². The molecule has 0 aliphatic heterocycles. The van der Waals surface area contributed by atoms with Gasteiger partial charge in [0.1, 0.15) is 0 Å². The lowest BCUT2D eigenvalue weighted by Gasteiger charge is -2.15. The van der Waals surface area contributed by atoms with Gasteiger partial charge in [-0.05, 0) is 27.2 Å². The van der Waals surface area contributed by atoms with Crippen LogP contribution in [0.15, 0.2) is 0 Å². The maximum Gasteiger partial charge on any atom is 0.359 e. The molecule has 2 N–H and O–H groups in total. The molecule has 0 radical (unpaired) electrons. The van der Waals surface area contributed by atoms with Crippen LogP contribution in [0.2, 0.25) is 0 Å². The summed E-state index contributed by atoms with van der Waals surface area (Å²) in [5, 5.41) is 4.14. The fraction of sp³-hybridized carbons (Fsp3) is 0.615. The Hall–Kier alpha value is -2.05. The average Bonchev–Trinajstić information content (AvgIpc) is 2.71. The summed E-state index contributed by atoms with van der Waals surface area (Å²) >= 11 is 0. The molecule has 0 aromatic carbocycles. The largest absolute Gasteiger partial charge is 0.463 e. The van der Waals surface area contributed by atoms with Crippen molar-refractivity contribution in [3.8, 4) is 0 Å². The lowest BCUT2D eigenvalue weighted by atomic mass is 10.2. The fourth-order valence-corrected chi connectivity index (χ4v) is 1.76. The number of carbonyl (C=O) groups is 2. The number of rotatable bonds is 6. The highest BCUT2D eigenvalue weighted by atomic mass is 16.6. The van der Waals surface area contributed by atoms with Gasteiger partial charge in [-0.15, -0.1) is 0 Å².